The Morgan fingerprint density at radius 2 is 2.12 bits per heavy atom. The summed E-state index contributed by atoms with van der Waals surface area (Å²) in [4.78, 5) is 4.20. The Hall–Kier alpha value is -0.850. The maximum absolute atomic E-state index is 5.39. The molecule has 0 heterocycles. The quantitative estimate of drug-likeness (QED) is 0.176. The van der Waals surface area contributed by atoms with E-state index < -0.39 is 0 Å². The average Bonchev–Trinajstić information content (AvgIpc) is 2.26. The van der Waals surface area contributed by atoms with Crippen LogP contribution in [0.15, 0.2) is 4.99 Å². The second kappa shape index (κ2) is 10.7. The first-order valence-corrected chi connectivity index (χ1v) is 5.52. The van der Waals surface area contributed by atoms with Gasteiger partial charge in [0.05, 0.1) is 19.8 Å². The first-order valence-electron chi connectivity index (χ1n) is 5.52. The molecule has 0 aromatic heterocycles. The largest absolute Gasteiger partial charge is 0.383 e. The van der Waals surface area contributed by atoms with Crippen molar-refractivity contribution in [3.05, 3.63) is 0 Å². The number of hydrogen-bond acceptors (Lipinski definition) is 4. The Labute approximate surface area is 97.6 Å². The second-order valence-electron chi connectivity index (χ2n) is 3.76. The molecule has 6 heteroatoms. The molecule has 0 aromatic rings. The number of guanidine groups is 1. The highest BCUT2D eigenvalue weighted by molar-refractivity contribution is 5.79. The van der Waals surface area contributed by atoms with E-state index in [1.54, 1.807) is 7.11 Å². The summed E-state index contributed by atoms with van der Waals surface area (Å²) in [6, 6.07) is 0. The predicted molar refractivity (Wildman–Crippen MR) is 65.2 cm³/mol. The normalized spacial score (nSPS) is 11.9. The molecule has 0 aliphatic heterocycles. The summed E-state index contributed by atoms with van der Waals surface area (Å²) in [5, 5.41) is 3.00. The minimum Gasteiger partial charge on any atom is -0.383 e. The Morgan fingerprint density at radius 3 is 2.69 bits per heavy atom. The van der Waals surface area contributed by atoms with Crippen molar-refractivity contribution in [2.75, 3.05) is 40.0 Å². The molecule has 0 radical (unpaired) electrons. The van der Waals surface area contributed by atoms with Gasteiger partial charge in [0.25, 0.3) is 0 Å². The molecular weight excluding hydrogens is 208 g/mol. The van der Waals surface area contributed by atoms with Gasteiger partial charge in [-0.25, -0.2) is 10.8 Å². The Bertz CT molecular complexity index is 186. The molecule has 0 aliphatic rings. The lowest BCUT2D eigenvalue weighted by atomic mass is 10.2. The smallest absolute Gasteiger partial charge is 0.205 e. The molecule has 0 aromatic carbocycles. The van der Waals surface area contributed by atoms with Crippen LogP contribution < -0.4 is 16.6 Å². The Kier molecular flexibility index (Phi) is 10.1. The van der Waals surface area contributed by atoms with Crippen LogP contribution in [0.4, 0.5) is 0 Å². The molecule has 96 valence electrons. The minimum atomic E-state index is 0.552. The number of nitrogens with zero attached hydrogens (tertiary/aromatic N) is 1. The molecule has 0 saturated carbocycles. The number of ether oxygens (including phenoxy) is 2. The first kappa shape index (κ1) is 15.2. The molecule has 6 nitrogen and oxygen atoms in total. The number of nitrogens with two attached hydrogens (primary N) is 1. The van der Waals surface area contributed by atoms with E-state index in [4.69, 9.17) is 15.3 Å². The van der Waals surface area contributed by atoms with Gasteiger partial charge in [-0.2, -0.15) is 0 Å². The molecule has 4 N–H and O–H groups in total. The molecule has 0 atom stereocenters. The summed E-state index contributed by atoms with van der Waals surface area (Å²) in [6.45, 7) is 7.47. The van der Waals surface area contributed by atoms with Crippen LogP contribution in [0.5, 0.6) is 0 Å². The molecular formula is C10H24N4O2. The predicted octanol–water partition coefficient (Wildman–Crippen LogP) is -0.286. The van der Waals surface area contributed by atoms with Crippen LogP contribution in [0, 0.1) is 5.92 Å². The highest BCUT2D eigenvalue weighted by atomic mass is 16.5. The number of rotatable bonds is 8. The number of aliphatic imine (C=N–C) groups is 1. The van der Waals surface area contributed by atoms with Crippen LogP contribution in [0.25, 0.3) is 0 Å². The van der Waals surface area contributed by atoms with Crippen LogP contribution >= 0.6 is 0 Å². The highest BCUT2D eigenvalue weighted by Crippen LogP contribution is 1.91. The van der Waals surface area contributed by atoms with Gasteiger partial charge in [-0.15, -0.1) is 0 Å². The Morgan fingerprint density at radius 1 is 1.38 bits per heavy atom. The molecule has 0 bridgehead atoms. The molecule has 0 spiro atoms. The first-order chi connectivity index (χ1) is 7.70. The minimum absolute atomic E-state index is 0.552. The van der Waals surface area contributed by atoms with Crippen molar-refractivity contribution >= 4 is 5.96 Å². The molecule has 0 amide bonds. The third kappa shape index (κ3) is 9.70. The summed E-state index contributed by atoms with van der Waals surface area (Å²) >= 11 is 0. The van der Waals surface area contributed by atoms with Crippen molar-refractivity contribution in [1.29, 1.82) is 0 Å². The zero-order valence-electron chi connectivity index (χ0n) is 10.5. The van der Waals surface area contributed by atoms with Gasteiger partial charge in [0.1, 0.15) is 0 Å². The lowest BCUT2D eigenvalue weighted by molar-refractivity contribution is 0.117. The lowest BCUT2D eigenvalue weighted by Gasteiger charge is -2.09. The third-order valence-corrected chi connectivity index (χ3v) is 1.69. The SMILES string of the molecule is COCCNC(=NCCOCC(C)C)NN. The van der Waals surface area contributed by atoms with Crippen LogP contribution in [-0.4, -0.2) is 46.0 Å². The molecule has 0 unspecified atom stereocenters. The average molecular weight is 232 g/mol. The number of hydrazine groups is 1. The third-order valence-electron chi connectivity index (χ3n) is 1.69. The summed E-state index contributed by atoms with van der Waals surface area (Å²) in [5.74, 6) is 6.41. The zero-order chi connectivity index (χ0) is 12.2. The van der Waals surface area contributed by atoms with Gasteiger partial charge < -0.3 is 14.8 Å². The molecule has 0 saturated heterocycles. The molecule has 0 rings (SSSR count). The van der Waals surface area contributed by atoms with Crippen LogP contribution in [-0.2, 0) is 9.47 Å². The summed E-state index contributed by atoms with van der Waals surface area (Å²) in [5.41, 5.74) is 2.49. The van der Waals surface area contributed by atoms with E-state index in [1.807, 2.05) is 0 Å². The molecule has 0 aliphatic carbocycles. The van der Waals surface area contributed by atoms with Gasteiger partial charge in [0.15, 0.2) is 0 Å². The fourth-order valence-electron chi connectivity index (χ4n) is 0.965. The molecule has 16 heavy (non-hydrogen) atoms. The van der Waals surface area contributed by atoms with Crippen molar-refractivity contribution < 1.29 is 9.47 Å². The van der Waals surface area contributed by atoms with Crippen molar-refractivity contribution in [1.82, 2.24) is 10.7 Å². The number of hydrogen-bond donors (Lipinski definition) is 3. The monoisotopic (exact) mass is 232 g/mol. The number of nitrogens with one attached hydrogen (secondary N) is 2. The maximum Gasteiger partial charge on any atom is 0.205 e. The lowest BCUT2D eigenvalue weighted by Crippen LogP contribution is -2.43. The van der Waals surface area contributed by atoms with Crippen LogP contribution in [0.1, 0.15) is 13.8 Å². The van der Waals surface area contributed by atoms with Crippen molar-refractivity contribution in [3.8, 4) is 0 Å². The van der Waals surface area contributed by atoms with E-state index in [9.17, 15) is 0 Å². The van der Waals surface area contributed by atoms with E-state index in [2.05, 4.69) is 29.6 Å². The van der Waals surface area contributed by atoms with Gasteiger partial charge >= 0.3 is 0 Å². The van der Waals surface area contributed by atoms with Gasteiger partial charge in [-0.1, -0.05) is 13.8 Å². The van der Waals surface area contributed by atoms with E-state index in [-0.39, 0.29) is 0 Å². The topological polar surface area (TPSA) is 80.9 Å². The van der Waals surface area contributed by atoms with Crippen LogP contribution in [0.2, 0.25) is 0 Å². The fourth-order valence-corrected chi connectivity index (χ4v) is 0.965. The maximum atomic E-state index is 5.39. The van der Waals surface area contributed by atoms with E-state index in [0.29, 0.717) is 38.2 Å². The van der Waals surface area contributed by atoms with Crippen molar-refractivity contribution in [3.63, 3.8) is 0 Å². The van der Waals surface area contributed by atoms with Crippen LogP contribution in [0.3, 0.4) is 0 Å². The van der Waals surface area contributed by atoms with E-state index >= 15 is 0 Å². The second-order valence-corrected chi connectivity index (χ2v) is 3.76. The number of methoxy groups -OCH3 is 1. The van der Waals surface area contributed by atoms with Gasteiger partial charge in [-0.05, 0) is 5.92 Å². The van der Waals surface area contributed by atoms with E-state index in [0.717, 1.165) is 6.61 Å². The van der Waals surface area contributed by atoms with Crippen molar-refractivity contribution in [2.45, 2.75) is 13.8 Å². The van der Waals surface area contributed by atoms with Gasteiger partial charge in [0, 0.05) is 20.3 Å². The zero-order valence-corrected chi connectivity index (χ0v) is 10.5. The van der Waals surface area contributed by atoms with Crippen molar-refractivity contribution in [2.24, 2.45) is 16.8 Å². The van der Waals surface area contributed by atoms with Gasteiger partial charge in [-0.3, -0.25) is 5.43 Å². The summed E-state index contributed by atoms with van der Waals surface area (Å²) in [6.07, 6.45) is 0. The van der Waals surface area contributed by atoms with Gasteiger partial charge in [0.2, 0.25) is 5.96 Å². The molecule has 0 fully saturated rings. The van der Waals surface area contributed by atoms with E-state index in [1.165, 1.54) is 0 Å². The highest BCUT2D eigenvalue weighted by Gasteiger charge is 1.95. The fraction of sp³-hybridized carbons (Fsp3) is 0.900. The Balaban J connectivity index is 3.55. The summed E-state index contributed by atoms with van der Waals surface area (Å²) < 4.78 is 10.3. The summed E-state index contributed by atoms with van der Waals surface area (Å²) in [7, 11) is 1.65. The standard InChI is InChI=1S/C10H24N4O2/c1-9(2)8-16-7-5-13-10(14-11)12-4-6-15-3/h9H,4-8,11H2,1-3H3,(H2,12,13,14).